The number of rotatable bonds is 2. The summed E-state index contributed by atoms with van der Waals surface area (Å²) in [6, 6.07) is 0. The van der Waals surface area contributed by atoms with Crippen LogP contribution in [0.3, 0.4) is 0 Å². The van der Waals surface area contributed by atoms with Crippen molar-refractivity contribution in [3.05, 3.63) is 18.2 Å². The Hall–Kier alpha value is -0.830. The van der Waals surface area contributed by atoms with Crippen LogP contribution in [-0.4, -0.2) is 20.3 Å². The Balaban J connectivity index is 2.15. The molecule has 1 N–H and O–H groups in total. The molecular weight excluding hydrogens is 200 g/mol. The summed E-state index contributed by atoms with van der Waals surface area (Å²) >= 11 is 0. The fourth-order valence-electron chi connectivity index (χ4n) is 2.83. The maximum Gasteiger partial charge on any atom is 0.111 e. The molecule has 3 unspecified atom stereocenters. The van der Waals surface area contributed by atoms with Gasteiger partial charge in [-0.15, -0.1) is 0 Å². The average molecular weight is 222 g/mol. The number of aromatic nitrogens is 2. The summed E-state index contributed by atoms with van der Waals surface area (Å²) < 4.78 is 2.00. The molecule has 0 aromatic carbocycles. The first kappa shape index (κ1) is 11.6. The lowest BCUT2D eigenvalue weighted by molar-refractivity contribution is -0.0637. The molecule has 3 heteroatoms. The van der Waals surface area contributed by atoms with E-state index in [4.69, 9.17) is 0 Å². The van der Waals surface area contributed by atoms with Crippen LogP contribution in [0, 0.1) is 11.8 Å². The SMILES string of the molecule is CC1CCCC(O)(Cc2nccn2C)C1C. The minimum Gasteiger partial charge on any atom is -0.389 e. The number of imidazole rings is 1. The quantitative estimate of drug-likeness (QED) is 0.832. The Morgan fingerprint density at radius 1 is 1.56 bits per heavy atom. The summed E-state index contributed by atoms with van der Waals surface area (Å²) in [5.74, 6) is 1.96. The van der Waals surface area contributed by atoms with E-state index in [1.807, 2.05) is 17.8 Å². The van der Waals surface area contributed by atoms with Crippen LogP contribution in [0.2, 0.25) is 0 Å². The van der Waals surface area contributed by atoms with Gasteiger partial charge < -0.3 is 9.67 Å². The van der Waals surface area contributed by atoms with Gasteiger partial charge in [0.15, 0.2) is 0 Å². The summed E-state index contributed by atoms with van der Waals surface area (Å²) in [6.07, 6.45) is 7.70. The smallest absolute Gasteiger partial charge is 0.111 e. The Bertz CT molecular complexity index is 361. The second-order valence-electron chi connectivity index (χ2n) is 5.39. The first-order chi connectivity index (χ1) is 7.53. The van der Waals surface area contributed by atoms with Crippen molar-refractivity contribution in [2.24, 2.45) is 18.9 Å². The van der Waals surface area contributed by atoms with Crippen molar-refractivity contribution in [3.63, 3.8) is 0 Å². The van der Waals surface area contributed by atoms with E-state index in [2.05, 4.69) is 18.8 Å². The Morgan fingerprint density at radius 2 is 2.31 bits per heavy atom. The third-order valence-corrected chi connectivity index (χ3v) is 4.36. The molecule has 0 bridgehead atoms. The first-order valence-electron chi connectivity index (χ1n) is 6.21. The normalized spacial score (nSPS) is 35.2. The van der Waals surface area contributed by atoms with Gasteiger partial charge >= 0.3 is 0 Å². The molecule has 90 valence electrons. The zero-order valence-electron chi connectivity index (χ0n) is 10.5. The van der Waals surface area contributed by atoms with E-state index in [0.717, 1.165) is 18.7 Å². The molecule has 1 aliphatic carbocycles. The molecule has 1 aromatic rings. The van der Waals surface area contributed by atoms with E-state index < -0.39 is 5.60 Å². The third-order valence-electron chi connectivity index (χ3n) is 4.36. The van der Waals surface area contributed by atoms with Crippen LogP contribution >= 0.6 is 0 Å². The van der Waals surface area contributed by atoms with Crippen LogP contribution in [0.25, 0.3) is 0 Å². The highest BCUT2D eigenvalue weighted by atomic mass is 16.3. The molecule has 0 spiro atoms. The predicted molar refractivity (Wildman–Crippen MR) is 64.0 cm³/mol. The Kier molecular flexibility index (Phi) is 3.06. The van der Waals surface area contributed by atoms with Crippen molar-refractivity contribution in [2.45, 2.75) is 45.1 Å². The van der Waals surface area contributed by atoms with Gasteiger partial charge in [-0.2, -0.15) is 0 Å². The van der Waals surface area contributed by atoms with Crippen LogP contribution in [0.5, 0.6) is 0 Å². The average Bonchev–Trinajstić information content (AvgIpc) is 2.61. The van der Waals surface area contributed by atoms with Gasteiger partial charge in [0.1, 0.15) is 5.82 Å². The minimum atomic E-state index is -0.559. The van der Waals surface area contributed by atoms with Gasteiger partial charge in [0, 0.05) is 25.9 Å². The van der Waals surface area contributed by atoms with Crippen LogP contribution < -0.4 is 0 Å². The molecule has 1 aliphatic rings. The first-order valence-corrected chi connectivity index (χ1v) is 6.21. The summed E-state index contributed by atoms with van der Waals surface area (Å²) in [7, 11) is 1.99. The van der Waals surface area contributed by atoms with E-state index in [1.165, 1.54) is 6.42 Å². The highest BCUT2D eigenvalue weighted by molar-refractivity contribution is 5.02. The minimum absolute atomic E-state index is 0.359. The molecule has 0 aliphatic heterocycles. The monoisotopic (exact) mass is 222 g/mol. The van der Waals surface area contributed by atoms with E-state index >= 15 is 0 Å². The molecule has 2 rings (SSSR count). The molecule has 1 heterocycles. The largest absolute Gasteiger partial charge is 0.389 e. The zero-order chi connectivity index (χ0) is 11.8. The van der Waals surface area contributed by atoms with Crippen molar-refractivity contribution < 1.29 is 5.11 Å². The van der Waals surface area contributed by atoms with E-state index in [1.54, 1.807) is 6.20 Å². The predicted octanol–water partition coefficient (Wildman–Crippen LogP) is 2.15. The van der Waals surface area contributed by atoms with Crippen LogP contribution in [0.4, 0.5) is 0 Å². The number of aryl methyl sites for hydroxylation is 1. The third kappa shape index (κ3) is 2.01. The Labute approximate surface area is 97.5 Å². The van der Waals surface area contributed by atoms with Crippen molar-refractivity contribution in [2.75, 3.05) is 0 Å². The van der Waals surface area contributed by atoms with E-state index in [-0.39, 0.29) is 0 Å². The van der Waals surface area contributed by atoms with Gasteiger partial charge in [0.2, 0.25) is 0 Å². The molecule has 0 radical (unpaired) electrons. The lowest BCUT2D eigenvalue weighted by atomic mass is 9.69. The lowest BCUT2D eigenvalue weighted by Gasteiger charge is -2.41. The van der Waals surface area contributed by atoms with Crippen LogP contribution in [-0.2, 0) is 13.5 Å². The van der Waals surface area contributed by atoms with E-state index in [0.29, 0.717) is 18.3 Å². The van der Waals surface area contributed by atoms with Crippen LogP contribution in [0.1, 0.15) is 38.9 Å². The number of nitrogens with zero attached hydrogens (tertiary/aromatic N) is 2. The summed E-state index contributed by atoms with van der Waals surface area (Å²) in [4.78, 5) is 4.32. The number of hydrogen-bond acceptors (Lipinski definition) is 2. The second kappa shape index (κ2) is 4.21. The molecule has 16 heavy (non-hydrogen) atoms. The summed E-state index contributed by atoms with van der Waals surface area (Å²) in [5, 5.41) is 10.8. The molecule has 3 atom stereocenters. The van der Waals surface area contributed by atoms with Gasteiger partial charge in [-0.05, 0) is 18.3 Å². The number of aliphatic hydroxyl groups is 1. The topological polar surface area (TPSA) is 38.1 Å². The molecule has 1 saturated carbocycles. The second-order valence-corrected chi connectivity index (χ2v) is 5.39. The standard InChI is InChI=1S/C13H22N2O/c1-10-5-4-6-13(16,11(10)2)9-12-14-7-8-15(12)3/h7-8,10-11,16H,4-6,9H2,1-3H3. The van der Waals surface area contributed by atoms with Gasteiger partial charge in [-0.1, -0.05) is 26.7 Å². The molecular formula is C13H22N2O. The molecule has 1 fully saturated rings. The molecule has 1 aromatic heterocycles. The fourth-order valence-corrected chi connectivity index (χ4v) is 2.83. The maximum atomic E-state index is 10.8. The van der Waals surface area contributed by atoms with Gasteiger partial charge in [-0.25, -0.2) is 4.98 Å². The molecule has 3 nitrogen and oxygen atoms in total. The fraction of sp³-hybridized carbons (Fsp3) is 0.769. The lowest BCUT2D eigenvalue weighted by Crippen LogP contribution is -2.45. The summed E-state index contributed by atoms with van der Waals surface area (Å²) in [5.41, 5.74) is -0.559. The zero-order valence-corrected chi connectivity index (χ0v) is 10.5. The molecule has 0 amide bonds. The molecule has 0 saturated heterocycles. The Morgan fingerprint density at radius 3 is 2.94 bits per heavy atom. The highest BCUT2D eigenvalue weighted by Gasteiger charge is 2.40. The van der Waals surface area contributed by atoms with Gasteiger partial charge in [0.25, 0.3) is 0 Å². The van der Waals surface area contributed by atoms with Crippen molar-refractivity contribution in [1.29, 1.82) is 0 Å². The summed E-state index contributed by atoms with van der Waals surface area (Å²) in [6.45, 7) is 4.42. The van der Waals surface area contributed by atoms with Crippen molar-refractivity contribution >= 4 is 0 Å². The van der Waals surface area contributed by atoms with E-state index in [9.17, 15) is 5.11 Å². The van der Waals surface area contributed by atoms with Crippen molar-refractivity contribution in [3.8, 4) is 0 Å². The highest BCUT2D eigenvalue weighted by Crippen LogP contribution is 2.39. The van der Waals surface area contributed by atoms with Crippen LogP contribution in [0.15, 0.2) is 12.4 Å². The number of hydrogen-bond donors (Lipinski definition) is 1. The van der Waals surface area contributed by atoms with Crippen molar-refractivity contribution in [1.82, 2.24) is 9.55 Å². The van der Waals surface area contributed by atoms with Gasteiger partial charge in [-0.3, -0.25) is 0 Å². The van der Waals surface area contributed by atoms with Gasteiger partial charge in [0.05, 0.1) is 5.60 Å². The maximum absolute atomic E-state index is 10.8.